The molecule has 0 heterocycles. The first-order chi connectivity index (χ1) is 11.0. The fourth-order valence-corrected chi connectivity index (χ4v) is 3.70. The van der Waals surface area contributed by atoms with E-state index in [0.29, 0.717) is 6.42 Å². The minimum atomic E-state index is -3.72. The average Bonchev–Trinajstić information content (AvgIpc) is 2.50. The lowest BCUT2D eigenvalue weighted by Crippen LogP contribution is -2.60. The largest absolute Gasteiger partial charge is 0.368 e. The molecule has 1 aromatic rings. The molecule has 3 N–H and O–H groups in total. The first-order valence-corrected chi connectivity index (χ1v) is 9.29. The molecular weight excluding hydrogens is 335 g/mol. The number of hydrogen-bond acceptors (Lipinski definition) is 4. The highest BCUT2D eigenvalue weighted by molar-refractivity contribution is 7.91. The normalized spacial score (nSPS) is 14.2. The minimum Gasteiger partial charge on any atom is -0.368 e. The molecule has 6 nitrogen and oxygen atoms in total. The van der Waals surface area contributed by atoms with Gasteiger partial charge in [0, 0.05) is 6.42 Å². The van der Waals surface area contributed by atoms with Gasteiger partial charge in [-0.3, -0.25) is 9.59 Å². The van der Waals surface area contributed by atoms with Crippen molar-refractivity contribution in [2.45, 2.75) is 44.0 Å². The third-order valence-electron chi connectivity index (χ3n) is 4.12. The Morgan fingerprint density at radius 3 is 2.21 bits per heavy atom. The van der Waals surface area contributed by atoms with Crippen molar-refractivity contribution in [3.63, 3.8) is 0 Å². The number of nitrogens with one attached hydrogen (secondary N) is 1. The molecule has 134 valence electrons. The van der Waals surface area contributed by atoms with Crippen molar-refractivity contribution in [2.24, 2.45) is 11.7 Å². The number of primary amides is 1. The van der Waals surface area contributed by atoms with E-state index in [1.807, 2.05) is 0 Å². The molecule has 0 aliphatic heterocycles. The first kappa shape index (κ1) is 20.1. The lowest BCUT2D eigenvalue weighted by molar-refractivity contribution is -0.133. The second-order valence-electron chi connectivity index (χ2n) is 5.91. The van der Waals surface area contributed by atoms with Crippen LogP contribution in [-0.2, 0) is 19.4 Å². The van der Waals surface area contributed by atoms with Gasteiger partial charge in [-0.2, -0.15) is 0 Å². The molecular formula is C16H23FN2O4S. The highest BCUT2D eigenvalue weighted by atomic mass is 32.2. The van der Waals surface area contributed by atoms with Gasteiger partial charge in [0.15, 0.2) is 9.84 Å². The van der Waals surface area contributed by atoms with E-state index in [1.165, 1.54) is 0 Å². The lowest BCUT2D eigenvalue weighted by atomic mass is 9.83. The summed E-state index contributed by atoms with van der Waals surface area (Å²) in [5.74, 6) is -2.46. The number of benzene rings is 1. The molecule has 0 aliphatic carbocycles. The number of carbonyl (C=O) groups is 2. The van der Waals surface area contributed by atoms with Gasteiger partial charge in [-0.1, -0.05) is 20.8 Å². The zero-order valence-electron chi connectivity index (χ0n) is 14.0. The molecule has 0 bridgehead atoms. The van der Waals surface area contributed by atoms with E-state index < -0.39 is 38.8 Å². The van der Waals surface area contributed by atoms with E-state index in [9.17, 15) is 22.4 Å². The summed E-state index contributed by atoms with van der Waals surface area (Å²) in [5.41, 5.74) is 4.20. The van der Waals surface area contributed by atoms with E-state index >= 15 is 0 Å². The van der Waals surface area contributed by atoms with Crippen molar-refractivity contribution in [2.75, 3.05) is 5.75 Å². The Morgan fingerprint density at radius 2 is 1.79 bits per heavy atom. The van der Waals surface area contributed by atoms with Gasteiger partial charge in [0.25, 0.3) is 0 Å². The lowest BCUT2D eigenvalue weighted by Gasteiger charge is -2.34. The number of halogens is 1. The second kappa shape index (κ2) is 7.74. The van der Waals surface area contributed by atoms with Crippen LogP contribution in [0.1, 0.15) is 33.6 Å². The highest BCUT2D eigenvalue weighted by Gasteiger charge is 2.39. The molecule has 0 aromatic heterocycles. The Morgan fingerprint density at radius 1 is 1.25 bits per heavy atom. The molecule has 0 fully saturated rings. The van der Waals surface area contributed by atoms with Crippen LogP contribution in [0.25, 0.3) is 0 Å². The van der Waals surface area contributed by atoms with E-state index in [-0.39, 0.29) is 17.2 Å². The Hall–Kier alpha value is -1.96. The quantitative estimate of drug-likeness (QED) is 0.685. The summed E-state index contributed by atoms with van der Waals surface area (Å²) in [7, 11) is -3.72. The van der Waals surface area contributed by atoms with Gasteiger partial charge in [0.1, 0.15) is 11.4 Å². The van der Waals surface area contributed by atoms with Crippen LogP contribution in [0.3, 0.4) is 0 Å². The van der Waals surface area contributed by atoms with Crippen molar-refractivity contribution in [3.8, 4) is 0 Å². The maximum atomic E-state index is 12.9. The van der Waals surface area contributed by atoms with Crippen molar-refractivity contribution in [1.29, 1.82) is 0 Å². The van der Waals surface area contributed by atoms with Gasteiger partial charge in [-0.05, 0) is 36.6 Å². The summed E-state index contributed by atoms with van der Waals surface area (Å²) in [6, 6.07) is 4.38. The number of rotatable bonds is 8. The maximum absolute atomic E-state index is 12.9. The number of nitrogens with two attached hydrogens (primary N) is 1. The van der Waals surface area contributed by atoms with Crippen molar-refractivity contribution in [3.05, 3.63) is 30.1 Å². The topological polar surface area (TPSA) is 106 Å². The zero-order chi connectivity index (χ0) is 18.5. The molecule has 24 heavy (non-hydrogen) atoms. The zero-order valence-corrected chi connectivity index (χ0v) is 14.8. The van der Waals surface area contributed by atoms with Crippen molar-refractivity contribution >= 4 is 21.7 Å². The predicted molar refractivity (Wildman–Crippen MR) is 88.3 cm³/mol. The monoisotopic (exact) mass is 358 g/mol. The summed E-state index contributed by atoms with van der Waals surface area (Å²) < 4.78 is 37.2. The molecule has 0 spiro atoms. The van der Waals surface area contributed by atoms with E-state index in [4.69, 9.17) is 5.73 Å². The summed E-state index contributed by atoms with van der Waals surface area (Å²) in [6.45, 7) is 5.23. The molecule has 1 rings (SSSR count). The van der Waals surface area contributed by atoms with Crippen LogP contribution < -0.4 is 11.1 Å². The van der Waals surface area contributed by atoms with Gasteiger partial charge >= 0.3 is 0 Å². The number of amides is 2. The van der Waals surface area contributed by atoms with Crippen LogP contribution in [0.15, 0.2) is 29.2 Å². The van der Waals surface area contributed by atoms with Gasteiger partial charge in [0.05, 0.1) is 10.6 Å². The summed E-state index contributed by atoms with van der Waals surface area (Å²) >= 11 is 0. The van der Waals surface area contributed by atoms with Gasteiger partial charge in [0.2, 0.25) is 11.8 Å². The molecule has 0 saturated heterocycles. The SMILES string of the molecule is CCC(NC(=O)CCS(=O)(=O)c1ccc(F)cc1)(C(N)=O)C(C)C. The fraction of sp³-hybridized carbons (Fsp3) is 0.500. The highest BCUT2D eigenvalue weighted by Crippen LogP contribution is 2.21. The van der Waals surface area contributed by atoms with E-state index in [2.05, 4.69) is 5.32 Å². The third-order valence-corrected chi connectivity index (χ3v) is 5.85. The van der Waals surface area contributed by atoms with Crippen LogP contribution in [0.4, 0.5) is 4.39 Å². The van der Waals surface area contributed by atoms with E-state index in [1.54, 1.807) is 20.8 Å². The molecule has 0 aliphatic rings. The van der Waals surface area contributed by atoms with Crippen molar-refractivity contribution in [1.82, 2.24) is 5.32 Å². The van der Waals surface area contributed by atoms with E-state index in [0.717, 1.165) is 24.3 Å². The number of carbonyl (C=O) groups excluding carboxylic acids is 2. The van der Waals surface area contributed by atoms with Crippen LogP contribution in [-0.4, -0.2) is 31.5 Å². The Kier molecular flexibility index (Phi) is 6.48. The Balaban J connectivity index is 2.81. The molecule has 2 amide bonds. The molecule has 1 aromatic carbocycles. The Bertz CT molecular complexity index is 701. The summed E-state index contributed by atoms with van der Waals surface area (Å²) in [6.07, 6.45) is -0.0160. The molecule has 1 atom stereocenters. The smallest absolute Gasteiger partial charge is 0.243 e. The van der Waals surface area contributed by atoms with Crippen molar-refractivity contribution < 1.29 is 22.4 Å². The number of hydrogen-bond donors (Lipinski definition) is 2. The summed E-state index contributed by atoms with van der Waals surface area (Å²) in [4.78, 5) is 23.8. The standard InChI is InChI=1S/C16H23FN2O4S/c1-4-16(11(2)3,15(18)21)19-14(20)9-10-24(22,23)13-7-5-12(17)6-8-13/h5-8,11H,4,9-10H2,1-3H3,(H2,18,21)(H,19,20). The van der Waals surface area contributed by atoms with Crippen LogP contribution in [0.2, 0.25) is 0 Å². The van der Waals surface area contributed by atoms with Crippen LogP contribution in [0.5, 0.6) is 0 Å². The third kappa shape index (κ3) is 4.53. The second-order valence-corrected chi connectivity index (χ2v) is 8.02. The Labute approximate surface area is 141 Å². The average molecular weight is 358 g/mol. The first-order valence-electron chi connectivity index (χ1n) is 7.64. The molecule has 0 saturated carbocycles. The fourth-order valence-electron chi connectivity index (χ4n) is 2.46. The van der Waals surface area contributed by atoms with Crippen LogP contribution in [0, 0.1) is 11.7 Å². The number of sulfone groups is 1. The molecule has 1 unspecified atom stereocenters. The maximum Gasteiger partial charge on any atom is 0.243 e. The van der Waals surface area contributed by atoms with Gasteiger partial charge in [-0.25, -0.2) is 12.8 Å². The minimum absolute atomic E-state index is 0.0581. The van der Waals surface area contributed by atoms with Gasteiger partial charge in [-0.15, -0.1) is 0 Å². The molecule has 8 heteroatoms. The van der Waals surface area contributed by atoms with Crippen LogP contribution >= 0.6 is 0 Å². The molecule has 0 radical (unpaired) electrons. The van der Waals surface area contributed by atoms with Gasteiger partial charge < -0.3 is 11.1 Å². The summed E-state index contributed by atoms with van der Waals surface area (Å²) in [5, 5.41) is 2.57. The predicted octanol–water partition coefficient (Wildman–Crippen LogP) is 1.40.